The normalized spacial score (nSPS) is 29.1. The van der Waals surface area contributed by atoms with Crippen LogP contribution in [-0.4, -0.2) is 48.5 Å². The van der Waals surface area contributed by atoms with Gasteiger partial charge in [0.1, 0.15) is 0 Å². The topological polar surface area (TPSA) is 32.7 Å². The van der Waals surface area contributed by atoms with Crippen LogP contribution in [-0.2, 0) is 4.74 Å². The van der Waals surface area contributed by atoms with Gasteiger partial charge in [-0.1, -0.05) is 0 Å². The summed E-state index contributed by atoms with van der Waals surface area (Å²) in [6.45, 7) is 6.28. The quantitative estimate of drug-likeness (QED) is 0.800. The highest BCUT2D eigenvalue weighted by Crippen LogP contribution is 2.30. The zero-order chi connectivity index (χ0) is 12.2. The van der Waals surface area contributed by atoms with Gasteiger partial charge < -0.3 is 14.7 Å². The van der Waals surface area contributed by atoms with Crippen LogP contribution in [0.4, 0.5) is 0 Å². The van der Waals surface area contributed by atoms with Crippen molar-refractivity contribution < 1.29 is 9.84 Å². The molecule has 0 amide bonds. The lowest BCUT2D eigenvalue weighted by Crippen LogP contribution is -2.34. The van der Waals surface area contributed by atoms with Gasteiger partial charge in [0.05, 0.1) is 11.2 Å². The fourth-order valence-electron chi connectivity index (χ4n) is 2.20. The number of ether oxygens (including phenoxy) is 1. The Morgan fingerprint density at radius 1 is 1.31 bits per heavy atom. The Morgan fingerprint density at radius 3 is 2.62 bits per heavy atom. The minimum absolute atomic E-state index is 0.117. The first kappa shape index (κ1) is 13.9. The van der Waals surface area contributed by atoms with Crippen molar-refractivity contribution >= 4 is 0 Å². The van der Waals surface area contributed by atoms with Gasteiger partial charge in [0.25, 0.3) is 0 Å². The lowest BCUT2D eigenvalue weighted by molar-refractivity contribution is -0.0320. The van der Waals surface area contributed by atoms with Crippen LogP contribution >= 0.6 is 0 Å². The molecule has 0 spiro atoms. The molecule has 0 radical (unpaired) electrons. The van der Waals surface area contributed by atoms with Crippen molar-refractivity contribution in [3.05, 3.63) is 0 Å². The van der Waals surface area contributed by atoms with Crippen LogP contribution in [0.2, 0.25) is 0 Å². The van der Waals surface area contributed by atoms with Crippen LogP contribution in [0, 0.1) is 0 Å². The van der Waals surface area contributed by atoms with Crippen molar-refractivity contribution in [2.24, 2.45) is 0 Å². The molecule has 0 aliphatic carbocycles. The molecule has 16 heavy (non-hydrogen) atoms. The van der Waals surface area contributed by atoms with E-state index < -0.39 is 5.60 Å². The molecule has 1 rings (SSSR count). The van der Waals surface area contributed by atoms with Gasteiger partial charge >= 0.3 is 0 Å². The molecular weight excluding hydrogens is 202 g/mol. The maximum atomic E-state index is 10.5. The second-order valence-electron chi connectivity index (χ2n) is 5.84. The monoisotopic (exact) mass is 229 g/mol. The van der Waals surface area contributed by atoms with E-state index in [1.165, 1.54) is 0 Å². The van der Waals surface area contributed by atoms with Crippen LogP contribution in [0.15, 0.2) is 0 Å². The number of likely N-dealkylation sites (tertiary alicyclic amines) is 1. The molecule has 0 bridgehead atoms. The minimum Gasteiger partial charge on any atom is -0.390 e. The highest BCUT2D eigenvalue weighted by molar-refractivity contribution is 4.85. The SMILES string of the molecule is COC(C)(C)CCC1(O)CCCN(C)CC1. The molecule has 0 aromatic heterocycles. The first-order chi connectivity index (χ1) is 7.37. The zero-order valence-electron chi connectivity index (χ0n) is 11.3. The lowest BCUT2D eigenvalue weighted by Gasteiger charge is -2.31. The summed E-state index contributed by atoms with van der Waals surface area (Å²) in [4.78, 5) is 2.30. The molecule has 1 aliphatic heterocycles. The molecule has 0 saturated carbocycles. The van der Waals surface area contributed by atoms with Crippen LogP contribution in [0.25, 0.3) is 0 Å². The van der Waals surface area contributed by atoms with E-state index in [1.54, 1.807) is 7.11 Å². The van der Waals surface area contributed by atoms with Crippen LogP contribution in [0.3, 0.4) is 0 Å². The van der Waals surface area contributed by atoms with E-state index in [2.05, 4.69) is 25.8 Å². The van der Waals surface area contributed by atoms with E-state index in [4.69, 9.17) is 4.74 Å². The number of methoxy groups -OCH3 is 1. The summed E-state index contributed by atoms with van der Waals surface area (Å²) in [5.41, 5.74) is -0.589. The number of hydrogen-bond donors (Lipinski definition) is 1. The Bertz CT molecular complexity index is 218. The Hall–Kier alpha value is -0.120. The molecule has 0 aromatic carbocycles. The Balaban J connectivity index is 2.44. The largest absolute Gasteiger partial charge is 0.390 e. The molecular formula is C13H27NO2. The molecule has 3 nitrogen and oxygen atoms in total. The van der Waals surface area contributed by atoms with Crippen molar-refractivity contribution in [3.8, 4) is 0 Å². The van der Waals surface area contributed by atoms with Gasteiger partial charge in [-0.15, -0.1) is 0 Å². The second-order valence-corrected chi connectivity index (χ2v) is 5.84. The van der Waals surface area contributed by atoms with Crippen molar-refractivity contribution in [1.29, 1.82) is 0 Å². The standard InChI is InChI=1S/C13H27NO2/c1-12(2,16-4)7-8-13(15)6-5-10-14(3)11-9-13/h15H,5-11H2,1-4H3. The molecule has 1 unspecified atom stereocenters. The van der Waals surface area contributed by atoms with Gasteiger partial charge in [-0.2, -0.15) is 0 Å². The van der Waals surface area contributed by atoms with E-state index >= 15 is 0 Å². The van der Waals surface area contributed by atoms with Gasteiger partial charge in [-0.3, -0.25) is 0 Å². The van der Waals surface area contributed by atoms with Crippen molar-refractivity contribution in [2.75, 3.05) is 27.2 Å². The summed E-state index contributed by atoms with van der Waals surface area (Å²) in [5, 5.41) is 10.5. The average Bonchev–Trinajstić information content (AvgIpc) is 2.40. The molecule has 1 saturated heterocycles. The molecule has 1 N–H and O–H groups in total. The summed E-state index contributed by atoms with van der Waals surface area (Å²) >= 11 is 0. The molecule has 1 fully saturated rings. The number of hydrogen-bond acceptors (Lipinski definition) is 3. The molecule has 96 valence electrons. The second kappa shape index (κ2) is 5.48. The van der Waals surface area contributed by atoms with E-state index in [1.807, 2.05) is 0 Å². The highest BCUT2D eigenvalue weighted by Gasteiger charge is 2.31. The van der Waals surface area contributed by atoms with Gasteiger partial charge in [0, 0.05) is 13.7 Å². The van der Waals surface area contributed by atoms with Gasteiger partial charge in [0.15, 0.2) is 0 Å². The number of aliphatic hydroxyl groups is 1. The minimum atomic E-state index is -0.472. The summed E-state index contributed by atoms with van der Waals surface area (Å²) in [5.74, 6) is 0. The van der Waals surface area contributed by atoms with Crippen molar-refractivity contribution in [2.45, 2.75) is 57.2 Å². The van der Waals surface area contributed by atoms with E-state index in [9.17, 15) is 5.11 Å². The predicted molar refractivity (Wildman–Crippen MR) is 66.6 cm³/mol. The fraction of sp³-hybridized carbons (Fsp3) is 1.00. The maximum Gasteiger partial charge on any atom is 0.0661 e. The first-order valence-corrected chi connectivity index (χ1v) is 6.33. The fourth-order valence-corrected chi connectivity index (χ4v) is 2.20. The van der Waals surface area contributed by atoms with Crippen LogP contribution < -0.4 is 0 Å². The van der Waals surface area contributed by atoms with E-state index in [0.717, 1.165) is 45.2 Å². The van der Waals surface area contributed by atoms with E-state index in [0.29, 0.717) is 0 Å². The third-order valence-corrected chi connectivity index (χ3v) is 3.89. The van der Waals surface area contributed by atoms with Gasteiger partial charge in [-0.05, 0) is 59.5 Å². The summed E-state index contributed by atoms with van der Waals surface area (Å²) in [7, 11) is 3.87. The summed E-state index contributed by atoms with van der Waals surface area (Å²) in [6.07, 6.45) is 4.69. The van der Waals surface area contributed by atoms with Gasteiger partial charge in [-0.25, -0.2) is 0 Å². The van der Waals surface area contributed by atoms with Crippen LogP contribution in [0.1, 0.15) is 46.0 Å². The smallest absolute Gasteiger partial charge is 0.0661 e. The third-order valence-electron chi connectivity index (χ3n) is 3.89. The van der Waals surface area contributed by atoms with Gasteiger partial charge in [0.2, 0.25) is 0 Å². The molecule has 1 atom stereocenters. The van der Waals surface area contributed by atoms with Crippen LogP contribution in [0.5, 0.6) is 0 Å². The molecule has 3 heteroatoms. The maximum absolute atomic E-state index is 10.5. The molecule has 1 aliphatic rings. The van der Waals surface area contributed by atoms with Crippen molar-refractivity contribution in [1.82, 2.24) is 4.90 Å². The van der Waals surface area contributed by atoms with Crippen molar-refractivity contribution in [3.63, 3.8) is 0 Å². The number of rotatable bonds is 4. The highest BCUT2D eigenvalue weighted by atomic mass is 16.5. The Labute approximate surface area is 99.8 Å². The third kappa shape index (κ3) is 4.40. The summed E-state index contributed by atoms with van der Waals surface area (Å²) < 4.78 is 5.40. The first-order valence-electron chi connectivity index (χ1n) is 6.33. The Morgan fingerprint density at radius 2 is 2.00 bits per heavy atom. The average molecular weight is 229 g/mol. The predicted octanol–water partition coefficient (Wildman–Crippen LogP) is 2.04. The lowest BCUT2D eigenvalue weighted by atomic mass is 9.86. The zero-order valence-corrected chi connectivity index (χ0v) is 11.3. The number of nitrogens with zero attached hydrogens (tertiary/aromatic N) is 1. The Kier molecular flexibility index (Phi) is 4.77. The summed E-state index contributed by atoms with van der Waals surface area (Å²) in [6, 6.07) is 0. The molecule has 1 heterocycles. The van der Waals surface area contributed by atoms with E-state index in [-0.39, 0.29) is 5.60 Å². The molecule has 0 aromatic rings.